The number of carbonyl (C=O) groups excluding carboxylic acids is 1. The third-order valence-electron chi connectivity index (χ3n) is 7.12. The first kappa shape index (κ1) is 23.9. The quantitative estimate of drug-likeness (QED) is 0.514. The van der Waals surface area contributed by atoms with Gasteiger partial charge in [-0.15, -0.1) is 4.40 Å². The molecule has 1 spiro atoms. The standard InChI is InChI=1S/C23H22FN5O6S2/c1-36(32,33)26-16-6-7-17-18(10-16)37(34,35)27-21(25-17)19-20(30)23-11-14(23)8-9-29(23)28(22(19)31)12-13-2-4-15(24)5-3-13/h2-7,10,14,26,30H,8-9,11-12H2,1H3,(H,25,27). The van der Waals surface area contributed by atoms with E-state index < -0.39 is 37.3 Å². The van der Waals surface area contributed by atoms with Crippen LogP contribution in [-0.4, -0.2) is 62.0 Å². The maximum atomic E-state index is 13.7. The maximum Gasteiger partial charge on any atom is 0.286 e. The highest BCUT2D eigenvalue weighted by Crippen LogP contribution is 2.62. The molecule has 1 aliphatic carbocycles. The summed E-state index contributed by atoms with van der Waals surface area (Å²) in [6.45, 7) is 0.633. The van der Waals surface area contributed by atoms with Gasteiger partial charge in [0, 0.05) is 12.2 Å². The summed E-state index contributed by atoms with van der Waals surface area (Å²) in [6.07, 6.45) is 2.29. The molecular formula is C23H22FN5O6S2. The summed E-state index contributed by atoms with van der Waals surface area (Å²) in [7, 11) is -8.00. The van der Waals surface area contributed by atoms with E-state index in [1.54, 1.807) is 12.1 Å². The van der Waals surface area contributed by atoms with Gasteiger partial charge in [0.2, 0.25) is 10.0 Å². The van der Waals surface area contributed by atoms with E-state index in [9.17, 15) is 31.1 Å². The van der Waals surface area contributed by atoms with Crippen molar-refractivity contribution in [2.75, 3.05) is 22.8 Å². The summed E-state index contributed by atoms with van der Waals surface area (Å²) in [5.74, 6) is -1.49. The number of sulfonamides is 2. The topological polar surface area (TPSA) is 148 Å². The fourth-order valence-electron chi connectivity index (χ4n) is 5.43. The zero-order valence-corrected chi connectivity index (χ0v) is 21.1. The van der Waals surface area contributed by atoms with Gasteiger partial charge in [0.05, 0.1) is 18.5 Å². The lowest BCUT2D eigenvalue weighted by molar-refractivity contribution is -0.154. The van der Waals surface area contributed by atoms with E-state index in [0.717, 1.165) is 18.7 Å². The van der Waals surface area contributed by atoms with Gasteiger partial charge in [0.25, 0.3) is 15.9 Å². The van der Waals surface area contributed by atoms with Gasteiger partial charge >= 0.3 is 0 Å². The SMILES string of the molecule is CS(=O)(=O)Nc1ccc2c(c1)S(=O)(=O)N=C(C1=C(O)C34CC3CCN4N(Cc3ccc(F)cc3)C1=O)N2. The second kappa shape index (κ2) is 7.76. The first-order valence-electron chi connectivity index (χ1n) is 11.4. The number of aliphatic hydroxyl groups is 1. The fourth-order valence-corrected chi connectivity index (χ4v) is 7.14. The van der Waals surface area contributed by atoms with Gasteiger partial charge in [-0.3, -0.25) is 14.5 Å². The molecule has 194 valence electrons. The molecule has 2 atom stereocenters. The van der Waals surface area contributed by atoms with E-state index in [0.29, 0.717) is 18.5 Å². The highest BCUT2D eigenvalue weighted by atomic mass is 32.2. The van der Waals surface area contributed by atoms with Crippen LogP contribution < -0.4 is 10.0 Å². The van der Waals surface area contributed by atoms with Crippen LogP contribution >= 0.6 is 0 Å². The zero-order chi connectivity index (χ0) is 26.3. The first-order chi connectivity index (χ1) is 17.4. The Balaban J connectivity index is 1.41. The number of amides is 1. The molecule has 3 heterocycles. The molecule has 1 saturated carbocycles. The molecule has 3 N–H and O–H groups in total. The van der Waals surface area contributed by atoms with Crippen molar-refractivity contribution >= 4 is 43.2 Å². The van der Waals surface area contributed by atoms with E-state index in [4.69, 9.17) is 0 Å². The molecule has 2 aromatic carbocycles. The van der Waals surface area contributed by atoms with Crippen molar-refractivity contribution in [1.82, 2.24) is 10.0 Å². The molecule has 1 saturated heterocycles. The summed E-state index contributed by atoms with van der Waals surface area (Å²) in [5, 5.41) is 17.4. The van der Waals surface area contributed by atoms with Crippen LogP contribution in [0.2, 0.25) is 0 Å². The summed E-state index contributed by atoms with van der Waals surface area (Å²) in [5.41, 5.74) is -0.276. The van der Waals surface area contributed by atoms with Crippen LogP contribution in [0.3, 0.4) is 0 Å². The molecule has 0 aromatic heterocycles. The number of benzene rings is 2. The van der Waals surface area contributed by atoms with Gasteiger partial charge in [0.15, 0.2) is 5.84 Å². The second-order valence-electron chi connectivity index (χ2n) is 9.58. The molecule has 0 radical (unpaired) electrons. The van der Waals surface area contributed by atoms with Crippen LogP contribution in [-0.2, 0) is 31.4 Å². The van der Waals surface area contributed by atoms with Gasteiger partial charge in [-0.05, 0) is 54.7 Å². The maximum absolute atomic E-state index is 13.7. The summed E-state index contributed by atoms with van der Waals surface area (Å²) in [4.78, 5) is 13.5. The largest absolute Gasteiger partial charge is 0.509 e. The lowest BCUT2D eigenvalue weighted by Gasteiger charge is -2.43. The Morgan fingerprint density at radius 2 is 1.97 bits per heavy atom. The molecular weight excluding hydrogens is 525 g/mol. The zero-order valence-electron chi connectivity index (χ0n) is 19.5. The van der Waals surface area contributed by atoms with Crippen molar-refractivity contribution in [3.05, 3.63) is 65.2 Å². The Labute approximate surface area is 212 Å². The van der Waals surface area contributed by atoms with E-state index in [-0.39, 0.29) is 45.9 Å². The average molecular weight is 548 g/mol. The number of rotatable bonds is 5. The molecule has 6 rings (SSSR count). The lowest BCUT2D eigenvalue weighted by Crippen LogP contribution is -2.57. The van der Waals surface area contributed by atoms with Gasteiger partial charge in [-0.1, -0.05) is 12.1 Å². The molecule has 2 aromatic rings. The van der Waals surface area contributed by atoms with Crippen molar-refractivity contribution in [2.24, 2.45) is 10.3 Å². The predicted molar refractivity (Wildman–Crippen MR) is 132 cm³/mol. The van der Waals surface area contributed by atoms with Crippen LogP contribution in [0.25, 0.3) is 0 Å². The third-order valence-corrected chi connectivity index (χ3v) is 9.04. The molecule has 37 heavy (non-hydrogen) atoms. The number of hydrogen-bond donors (Lipinski definition) is 3. The van der Waals surface area contributed by atoms with E-state index in [2.05, 4.69) is 14.4 Å². The minimum Gasteiger partial charge on any atom is -0.509 e. The summed E-state index contributed by atoms with van der Waals surface area (Å²) >= 11 is 0. The van der Waals surface area contributed by atoms with Gasteiger partial charge in [-0.25, -0.2) is 17.8 Å². The number of amidine groups is 1. The van der Waals surface area contributed by atoms with Gasteiger partial charge in [-0.2, -0.15) is 8.42 Å². The number of piperidine rings is 1. The molecule has 2 fully saturated rings. The Kier molecular flexibility index (Phi) is 5.01. The lowest BCUT2D eigenvalue weighted by atomic mass is 10.0. The second-order valence-corrected chi connectivity index (χ2v) is 12.9. The summed E-state index contributed by atoms with van der Waals surface area (Å²) < 4.78 is 68.8. The molecule has 3 aliphatic heterocycles. The van der Waals surface area contributed by atoms with Crippen LogP contribution in [0, 0.1) is 11.7 Å². The monoisotopic (exact) mass is 547 g/mol. The van der Waals surface area contributed by atoms with E-state index >= 15 is 0 Å². The number of nitrogens with one attached hydrogen (secondary N) is 2. The number of anilines is 2. The normalized spacial score (nSPS) is 26.1. The molecule has 1 amide bonds. The Morgan fingerprint density at radius 1 is 1.24 bits per heavy atom. The smallest absolute Gasteiger partial charge is 0.286 e. The number of aliphatic hydroxyl groups excluding tert-OH is 1. The van der Waals surface area contributed by atoms with Crippen molar-refractivity contribution in [3.8, 4) is 0 Å². The van der Waals surface area contributed by atoms with Crippen molar-refractivity contribution in [3.63, 3.8) is 0 Å². The Morgan fingerprint density at radius 3 is 2.65 bits per heavy atom. The van der Waals surface area contributed by atoms with Crippen LogP contribution in [0.15, 0.2) is 63.1 Å². The first-order valence-corrected chi connectivity index (χ1v) is 14.7. The van der Waals surface area contributed by atoms with Crippen molar-refractivity contribution < 1.29 is 31.1 Å². The minimum absolute atomic E-state index is 0.0351. The Bertz CT molecular complexity index is 1640. The molecule has 4 aliphatic rings. The Hall–Kier alpha value is -3.49. The number of fused-ring (bicyclic) bond motifs is 1. The number of carbonyl (C=O) groups is 1. The highest BCUT2D eigenvalue weighted by molar-refractivity contribution is 7.92. The number of hydrazine groups is 1. The number of hydrogen-bond acceptors (Lipinski definition) is 8. The van der Waals surface area contributed by atoms with Crippen molar-refractivity contribution in [2.45, 2.75) is 29.8 Å². The van der Waals surface area contributed by atoms with Crippen LogP contribution in [0.1, 0.15) is 18.4 Å². The molecule has 14 heteroatoms. The molecule has 11 nitrogen and oxygen atoms in total. The van der Waals surface area contributed by atoms with Crippen LogP contribution in [0.5, 0.6) is 0 Å². The average Bonchev–Trinajstić information content (AvgIpc) is 3.42. The predicted octanol–water partition coefficient (Wildman–Crippen LogP) is 1.94. The summed E-state index contributed by atoms with van der Waals surface area (Å²) in [6, 6.07) is 9.57. The van der Waals surface area contributed by atoms with E-state index in [1.165, 1.54) is 29.3 Å². The highest BCUT2D eigenvalue weighted by Gasteiger charge is 2.70. The van der Waals surface area contributed by atoms with Gasteiger partial charge < -0.3 is 10.4 Å². The molecule has 0 bridgehead atoms. The molecule has 2 unspecified atom stereocenters. The van der Waals surface area contributed by atoms with Gasteiger partial charge in [0.1, 0.15) is 27.6 Å². The third kappa shape index (κ3) is 3.78. The van der Waals surface area contributed by atoms with E-state index in [1.807, 2.05) is 5.01 Å². The minimum atomic E-state index is -4.36. The number of halogens is 1. The van der Waals surface area contributed by atoms with Crippen LogP contribution in [0.4, 0.5) is 15.8 Å². The number of nitrogens with zero attached hydrogens (tertiary/aromatic N) is 3. The van der Waals surface area contributed by atoms with Crippen molar-refractivity contribution in [1.29, 1.82) is 0 Å². The fraction of sp³-hybridized carbons (Fsp3) is 0.304.